The van der Waals surface area contributed by atoms with Crippen LogP contribution >= 0.6 is 11.8 Å². The molecule has 2 aromatic carbocycles. The minimum atomic E-state index is -3.82. The first kappa shape index (κ1) is 20.7. The number of likely N-dealkylation sites (tertiary alicyclic amines) is 1. The number of nitrogens with zero attached hydrogens (tertiary/aromatic N) is 1. The highest BCUT2D eigenvalue weighted by Crippen LogP contribution is 2.38. The fraction of sp³-hybridized carbons (Fsp3) is 0.333. The number of nitrogens with one attached hydrogen (secondary N) is 2. The Labute approximate surface area is 180 Å². The molecule has 1 fully saturated rings. The van der Waals surface area contributed by atoms with Gasteiger partial charge in [-0.3, -0.25) is 14.3 Å². The van der Waals surface area contributed by atoms with Crippen molar-refractivity contribution < 1.29 is 18.0 Å². The highest BCUT2D eigenvalue weighted by atomic mass is 32.2. The van der Waals surface area contributed by atoms with E-state index in [-0.39, 0.29) is 10.8 Å². The third-order valence-corrected chi connectivity index (χ3v) is 7.87. The Morgan fingerprint density at radius 2 is 1.97 bits per heavy atom. The van der Waals surface area contributed by atoms with Crippen LogP contribution in [0.1, 0.15) is 25.3 Å². The molecule has 0 radical (unpaired) electrons. The van der Waals surface area contributed by atoms with E-state index in [1.54, 1.807) is 29.2 Å². The van der Waals surface area contributed by atoms with Gasteiger partial charge in [0, 0.05) is 23.7 Å². The zero-order valence-corrected chi connectivity index (χ0v) is 18.2. The molecule has 2 amide bonds. The lowest BCUT2D eigenvalue weighted by Gasteiger charge is -2.27. The maximum Gasteiger partial charge on any atom is 0.261 e. The molecule has 2 aliphatic rings. The third-order valence-electron chi connectivity index (χ3n) is 5.23. The molecule has 0 aromatic heterocycles. The van der Waals surface area contributed by atoms with Crippen LogP contribution in [0.3, 0.4) is 0 Å². The number of sulfonamides is 1. The van der Waals surface area contributed by atoms with E-state index in [9.17, 15) is 18.0 Å². The predicted molar refractivity (Wildman–Crippen MR) is 117 cm³/mol. The Morgan fingerprint density at radius 1 is 1.20 bits per heavy atom. The van der Waals surface area contributed by atoms with Crippen LogP contribution in [0.5, 0.6) is 0 Å². The number of aryl methyl sites for hydroxylation is 1. The molecule has 30 heavy (non-hydrogen) atoms. The van der Waals surface area contributed by atoms with Gasteiger partial charge in [0.25, 0.3) is 10.0 Å². The van der Waals surface area contributed by atoms with Crippen LogP contribution < -0.4 is 10.0 Å². The molecule has 9 heteroatoms. The van der Waals surface area contributed by atoms with E-state index in [0.717, 1.165) is 24.8 Å². The summed E-state index contributed by atoms with van der Waals surface area (Å²) in [5.41, 5.74) is 1.92. The lowest BCUT2D eigenvalue weighted by molar-refractivity contribution is -0.133. The molecule has 1 saturated heterocycles. The topological polar surface area (TPSA) is 95.6 Å². The van der Waals surface area contributed by atoms with E-state index in [2.05, 4.69) is 10.0 Å². The highest BCUT2D eigenvalue weighted by Gasteiger charge is 2.37. The number of carbonyl (C=O) groups is 2. The molecule has 2 N–H and O–H groups in total. The van der Waals surface area contributed by atoms with Crippen LogP contribution in [0.15, 0.2) is 52.3 Å². The van der Waals surface area contributed by atoms with Crippen molar-refractivity contribution in [3.63, 3.8) is 0 Å². The van der Waals surface area contributed by atoms with Gasteiger partial charge in [0.15, 0.2) is 5.25 Å². The van der Waals surface area contributed by atoms with Crippen molar-refractivity contribution in [3.05, 3.63) is 48.0 Å². The minimum Gasteiger partial charge on any atom is -0.341 e. The Balaban J connectivity index is 1.55. The molecule has 0 saturated carbocycles. The van der Waals surface area contributed by atoms with Crippen LogP contribution in [0, 0.1) is 0 Å². The maximum absolute atomic E-state index is 12.8. The van der Waals surface area contributed by atoms with Crippen LogP contribution in [0.25, 0.3) is 0 Å². The number of carbonyl (C=O) groups excluding carboxylic acids is 2. The Morgan fingerprint density at radius 3 is 2.70 bits per heavy atom. The Hall–Kier alpha value is -2.52. The summed E-state index contributed by atoms with van der Waals surface area (Å²) in [5.74, 6) is -0.600. The van der Waals surface area contributed by atoms with Gasteiger partial charge < -0.3 is 10.2 Å². The summed E-state index contributed by atoms with van der Waals surface area (Å²) >= 11 is 1.17. The van der Waals surface area contributed by atoms with Crippen molar-refractivity contribution in [1.29, 1.82) is 0 Å². The van der Waals surface area contributed by atoms with Gasteiger partial charge in [-0.05, 0) is 55.2 Å². The molecule has 2 aromatic rings. The lowest BCUT2D eigenvalue weighted by Crippen LogP contribution is -2.43. The van der Waals surface area contributed by atoms with Gasteiger partial charge in [0.1, 0.15) is 0 Å². The molecule has 0 bridgehead atoms. The second-order valence-corrected chi connectivity index (χ2v) is 10.2. The number of fused-ring (bicyclic) bond motifs is 1. The summed E-state index contributed by atoms with van der Waals surface area (Å²) in [6.07, 6.45) is 2.71. The van der Waals surface area contributed by atoms with E-state index in [4.69, 9.17) is 0 Å². The van der Waals surface area contributed by atoms with Gasteiger partial charge in [-0.2, -0.15) is 0 Å². The lowest BCUT2D eigenvalue weighted by atomic mass is 10.1. The van der Waals surface area contributed by atoms with E-state index >= 15 is 0 Å². The van der Waals surface area contributed by atoms with Crippen molar-refractivity contribution in [2.75, 3.05) is 23.1 Å². The molecule has 7 nitrogen and oxygen atoms in total. The van der Waals surface area contributed by atoms with Gasteiger partial charge in [0.2, 0.25) is 11.8 Å². The molecule has 0 spiro atoms. The van der Waals surface area contributed by atoms with Gasteiger partial charge in [0.05, 0.1) is 10.6 Å². The van der Waals surface area contributed by atoms with Crippen LogP contribution in [-0.4, -0.2) is 43.5 Å². The average molecular weight is 446 g/mol. The molecule has 0 aliphatic carbocycles. The van der Waals surface area contributed by atoms with E-state index < -0.39 is 21.2 Å². The molecular weight excluding hydrogens is 422 g/mol. The third kappa shape index (κ3) is 4.17. The normalized spacial score (nSPS) is 18.6. The van der Waals surface area contributed by atoms with Crippen molar-refractivity contribution in [2.24, 2.45) is 0 Å². The number of anilines is 2. The number of benzene rings is 2. The zero-order chi connectivity index (χ0) is 21.3. The summed E-state index contributed by atoms with van der Waals surface area (Å²) < 4.78 is 28.2. The summed E-state index contributed by atoms with van der Waals surface area (Å²) in [6, 6.07) is 11.8. The number of hydrogen-bond donors (Lipinski definition) is 2. The highest BCUT2D eigenvalue weighted by molar-refractivity contribution is 8.01. The second kappa shape index (κ2) is 8.31. The van der Waals surface area contributed by atoms with E-state index in [0.29, 0.717) is 29.4 Å². The molecular formula is C21H23N3O4S2. The number of amides is 2. The maximum atomic E-state index is 12.8. The fourth-order valence-electron chi connectivity index (χ4n) is 3.59. The average Bonchev–Trinajstić information content (AvgIpc) is 3.27. The quantitative estimate of drug-likeness (QED) is 0.690. The monoisotopic (exact) mass is 445 g/mol. The predicted octanol–water partition coefficient (Wildman–Crippen LogP) is 3.09. The minimum absolute atomic E-state index is 0.0494. The number of rotatable bonds is 5. The second-order valence-electron chi connectivity index (χ2n) is 7.34. The number of thioether (sulfide) groups is 1. The first-order chi connectivity index (χ1) is 14.4. The van der Waals surface area contributed by atoms with Crippen LogP contribution in [0.4, 0.5) is 11.4 Å². The first-order valence-corrected chi connectivity index (χ1v) is 12.3. The SMILES string of the molecule is CCc1cccc(NS(=O)(=O)c2ccc3c(c2)NC(=O)[C@H](C(=O)N2CCCC2)S3)c1. The molecule has 0 unspecified atom stereocenters. The largest absolute Gasteiger partial charge is 0.341 e. The van der Waals surface area contributed by atoms with Crippen molar-refractivity contribution in [2.45, 2.75) is 41.2 Å². The molecule has 1 atom stereocenters. The molecule has 158 valence electrons. The van der Waals surface area contributed by atoms with Gasteiger partial charge in [-0.1, -0.05) is 19.1 Å². The van der Waals surface area contributed by atoms with Gasteiger partial charge in [-0.25, -0.2) is 8.42 Å². The summed E-state index contributed by atoms with van der Waals surface area (Å²) in [4.78, 5) is 27.6. The summed E-state index contributed by atoms with van der Waals surface area (Å²) in [5, 5.41) is 1.87. The van der Waals surface area contributed by atoms with Crippen LogP contribution in [-0.2, 0) is 26.0 Å². The van der Waals surface area contributed by atoms with Gasteiger partial charge in [-0.15, -0.1) is 11.8 Å². The Kier molecular flexibility index (Phi) is 5.75. The zero-order valence-electron chi connectivity index (χ0n) is 16.6. The Bertz CT molecular complexity index is 1100. The van der Waals surface area contributed by atoms with E-state index in [1.165, 1.54) is 23.9 Å². The van der Waals surface area contributed by atoms with Crippen molar-refractivity contribution >= 4 is 45.0 Å². The molecule has 2 heterocycles. The summed E-state index contributed by atoms with van der Waals surface area (Å²) in [6.45, 7) is 3.36. The smallest absolute Gasteiger partial charge is 0.261 e. The first-order valence-electron chi connectivity index (χ1n) is 9.89. The fourth-order valence-corrected chi connectivity index (χ4v) is 5.72. The van der Waals surface area contributed by atoms with Crippen molar-refractivity contribution in [3.8, 4) is 0 Å². The van der Waals surface area contributed by atoms with E-state index in [1.807, 2.05) is 13.0 Å². The molecule has 4 rings (SSSR count). The number of hydrogen-bond acceptors (Lipinski definition) is 5. The summed E-state index contributed by atoms with van der Waals surface area (Å²) in [7, 11) is -3.82. The van der Waals surface area contributed by atoms with Crippen molar-refractivity contribution in [1.82, 2.24) is 4.90 Å². The van der Waals surface area contributed by atoms with Gasteiger partial charge >= 0.3 is 0 Å². The standard InChI is InChI=1S/C21H23N3O4S2/c1-2-14-6-5-7-15(12-14)23-30(27,28)16-8-9-18-17(13-16)22-20(25)19(29-18)21(26)24-10-3-4-11-24/h5-9,12-13,19,23H,2-4,10-11H2,1H3,(H,22,25)/t19-/m1/s1. The van der Waals surface area contributed by atoms with Crippen LogP contribution in [0.2, 0.25) is 0 Å². The molecule has 2 aliphatic heterocycles.